The van der Waals surface area contributed by atoms with Crippen molar-refractivity contribution in [2.24, 2.45) is 16.6 Å². The van der Waals surface area contributed by atoms with Gasteiger partial charge in [-0.15, -0.1) is 0 Å². The second kappa shape index (κ2) is 11.8. The molecule has 2 aliphatic rings. The number of aliphatic imine (C=N–C) groups is 1. The number of hydrogen-bond donors (Lipinski definition) is 2. The summed E-state index contributed by atoms with van der Waals surface area (Å²) in [5.41, 5.74) is 6.65. The number of carbonyl (C=O) groups excluding carboxylic acids is 1. The molecule has 8 nitrogen and oxygen atoms in total. The maximum absolute atomic E-state index is 11.2. The molecule has 1 unspecified atom stereocenters. The number of nitrogens with one attached hydrogen (secondary N) is 1. The fraction of sp³-hybridized carbons (Fsp3) is 0.652. The van der Waals surface area contributed by atoms with Crippen molar-refractivity contribution in [2.75, 3.05) is 71.4 Å². The van der Waals surface area contributed by atoms with E-state index in [9.17, 15) is 4.79 Å². The third-order valence-electron chi connectivity index (χ3n) is 6.26. The van der Waals surface area contributed by atoms with Crippen LogP contribution < -0.4 is 20.7 Å². The summed E-state index contributed by atoms with van der Waals surface area (Å²) < 4.78 is 5.25. The lowest BCUT2D eigenvalue weighted by Crippen LogP contribution is -2.48. The van der Waals surface area contributed by atoms with E-state index < -0.39 is 0 Å². The predicted octanol–water partition coefficient (Wildman–Crippen LogP) is 1.37. The SMILES string of the molecule is CN=C(NCCCN1CCN(c2ccc(OC)cc2)CC1)N1CCCC(CC(N)=O)C1. The van der Waals surface area contributed by atoms with Crippen LogP contribution in [0.3, 0.4) is 0 Å². The molecule has 31 heavy (non-hydrogen) atoms. The number of rotatable bonds is 8. The summed E-state index contributed by atoms with van der Waals surface area (Å²) in [4.78, 5) is 22.9. The van der Waals surface area contributed by atoms with E-state index in [2.05, 4.69) is 37.1 Å². The van der Waals surface area contributed by atoms with Crippen LogP contribution in [0.2, 0.25) is 0 Å². The van der Waals surface area contributed by atoms with Crippen molar-refractivity contribution in [2.45, 2.75) is 25.7 Å². The second-order valence-corrected chi connectivity index (χ2v) is 8.48. The number of nitrogens with zero attached hydrogens (tertiary/aromatic N) is 4. The first-order valence-electron chi connectivity index (χ1n) is 11.4. The fourth-order valence-corrected chi connectivity index (χ4v) is 4.57. The van der Waals surface area contributed by atoms with E-state index in [0.717, 1.165) is 83.3 Å². The number of amides is 1. The molecule has 1 aromatic carbocycles. The molecule has 1 atom stereocenters. The number of likely N-dealkylation sites (tertiary alicyclic amines) is 1. The van der Waals surface area contributed by atoms with Crippen LogP contribution in [0.4, 0.5) is 5.69 Å². The molecule has 1 aromatic rings. The second-order valence-electron chi connectivity index (χ2n) is 8.48. The van der Waals surface area contributed by atoms with Crippen molar-refractivity contribution >= 4 is 17.6 Å². The Morgan fingerprint density at radius 1 is 1.19 bits per heavy atom. The van der Waals surface area contributed by atoms with Crippen LogP contribution in [0.1, 0.15) is 25.7 Å². The standard InChI is InChI=1S/C23H38N6O2/c1-25-23(29-12-3-5-19(18-29)17-22(24)30)26-10-4-11-27-13-15-28(16-14-27)20-6-8-21(31-2)9-7-20/h6-9,19H,3-5,10-18H2,1-2H3,(H2,24,30)(H,25,26). The van der Waals surface area contributed by atoms with E-state index in [1.165, 1.54) is 5.69 Å². The van der Waals surface area contributed by atoms with E-state index >= 15 is 0 Å². The van der Waals surface area contributed by atoms with Crippen LogP contribution >= 0.6 is 0 Å². The van der Waals surface area contributed by atoms with Crippen LogP contribution in [0, 0.1) is 5.92 Å². The third kappa shape index (κ3) is 7.02. The molecule has 2 fully saturated rings. The first kappa shape index (κ1) is 23.2. The molecule has 3 N–H and O–H groups in total. The van der Waals surface area contributed by atoms with E-state index in [1.807, 2.05) is 19.2 Å². The number of hydrogen-bond acceptors (Lipinski definition) is 5. The van der Waals surface area contributed by atoms with Gasteiger partial charge in [0.25, 0.3) is 0 Å². The molecule has 3 rings (SSSR count). The molecule has 0 aromatic heterocycles. The quantitative estimate of drug-likeness (QED) is 0.368. The molecule has 8 heteroatoms. The van der Waals surface area contributed by atoms with E-state index in [-0.39, 0.29) is 5.91 Å². The Bertz CT molecular complexity index is 715. The number of anilines is 1. The normalized spacial score (nSPS) is 20.6. The van der Waals surface area contributed by atoms with Crippen LogP contribution in [0.5, 0.6) is 5.75 Å². The minimum Gasteiger partial charge on any atom is -0.497 e. The summed E-state index contributed by atoms with van der Waals surface area (Å²) >= 11 is 0. The van der Waals surface area contributed by atoms with Gasteiger partial charge < -0.3 is 25.6 Å². The molecule has 2 heterocycles. The smallest absolute Gasteiger partial charge is 0.217 e. The molecular formula is C23H38N6O2. The number of benzene rings is 1. The van der Waals surface area contributed by atoms with Gasteiger partial charge in [0.05, 0.1) is 7.11 Å². The van der Waals surface area contributed by atoms with Gasteiger partial charge in [-0.1, -0.05) is 0 Å². The largest absolute Gasteiger partial charge is 0.497 e. The van der Waals surface area contributed by atoms with E-state index in [0.29, 0.717) is 12.3 Å². The summed E-state index contributed by atoms with van der Waals surface area (Å²) in [6.45, 7) is 8.11. The third-order valence-corrected chi connectivity index (χ3v) is 6.26. The van der Waals surface area contributed by atoms with E-state index in [4.69, 9.17) is 10.5 Å². The van der Waals surface area contributed by atoms with Crippen LogP contribution in [0.25, 0.3) is 0 Å². The molecule has 0 aliphatic carbocycles. The summed E-state index contributed by atoms with van der Waals surface area (Å²) in [6.07, 6.45) is 3.70. The Hall–Kier alpha value is -2.48. The Morgan fingerprint density at radius 2 is 1.94 bits per heavy atom. The maximum Gasteiger partial charge on any atom is 0.217 e. The molecule has 172 valence electrons. The number of carbonyl (C=O) groups is 1. The van der Waals surface area contributed by atoms with Crippen molar-refractivity contribution in [1.82, 2.24) is 15.1 Å². The molecular weight excluding hydrogens is 392 g/mol. The zero-order valence-electron chi connectivity index (χ0n) is 19.1. The molecule has 2 aliphatic heterocycles. The van der Waals surface area contributed by atoms with Crippen molar-refractivity contribution in [1.29, 1.82) is 0 Å². The predicted molar refractivity (Wildman–Crippen MR) is 126 cm³/mol. The summed E-state index contributed by atoms with van der Waals surface area (Å²) in [5.74, 6) is 1.98. The number of nitrogens with two attached hydrogens (primary N) is 1. The minimum atomic E-state index is -0.207. The summed E-state index contributed by atoms with van der Waals surface area (Å²) in [7, 11) is 3.53. The van der Waals surface area contributed by atoms with Gasteiger partial charge in [-0.3, -0.25) is 14.7 Å². The Morgan fingerprint density at radius 3 is 2.58 bits per heavy atom. The van der Waals surface area contributed by atoms with Crippen molar-refractivity contribution in [3.8, 4) is 5.75 Å². The molecule has 0 radical (unpaired) electrons. The zero-order chi connectivity index (χ0) is 22.1. The average Bonchev–Trinajstić information content (AvgIpc) is 2.79. The molecule has 0 spiro atoms. The lowest BCUT2D eigenvalue weighted by Gasteiger charge is -2.36. The zero-order valence-corrected chi connectivity index (χ0v) is 19.1. The lowest BCUT2D eigenvalue weighted by molar-refractivity contribution is -0.119. The topological polar surface area (TPSA) is 86.4 Å². The maximum atomic E-state index is 11.2. The number of methoxy groups -OCH3 is 1. The molecule has 0 saturated carbocycles. The highest BCUT2D eigenvalue weighted by Crippen LogP contribution is 2.21. The van der Waals surface area contributed by atoms with Gasteiger partial charge in [-0.2, -0.15) is 0 Å². The van der Waals surface area contributed by atoms with Gasteiger partial charge in [-0.05, 0) is 56.0 Å². The van der Waals surface area contributed by atoms with Gasteiger partial charge in [0.1, 0.15) is 5.75 Å². The van der Waals surface area contributed by atoms with Crippen LogP contribution in [-0.2, 0) is 4.79 Å². The van der Waals surface area contributed by atoms with Crippen molar-refractivity contribution in [3.63, 3.8) is 0 Å². The minimum absolute atomic E-state index is 0.207. The lowest BCUT2D eigenvalue weighted by atomic mass is 9.95. The Labute approximate surface area is 186 Å². The van der Waals surface area contributed by atoms with E-state index in [1.54, 1.807) is 7.11 Å². The molecule has 0 bridgehead atoms. The summed E-state index contributed by atoms with van der Waals surface area (Å²) in [6, 6.07) is 8.33. The number of piperidine rings is 1. The number of ether oxygens (including phenoxy) is 1. The highest BCUT2D eigenvalue weighted by molar-refractivity contribution is 5.80. The number of guanidine groups is 1. The van der Waals surface area contributed by atoms with Gasteiger partial charge in [0.15, 0.2) is 5.96 Å². The number of primary amides is 1. The fourth-order valence-electron chi connectivity index (χ4n) is 4.57. The average molecular weight is 431 g/mol. The molecule has 2 saturated heterocycles. The highest BCUT2D eigenvalue weighted by Gasteiger charge is 2.23. The van der Waals surface area contributed by atoms with Gasteiger partial charge in [-0.25, -0.2) is 0 Å². The van der Waals surface area contributed by atoms with Crippen molar-refractivity contribution < 1.29 is 9.53 Å². The molecule has 1 amide bonds. The Kier molecular flexibility index (Phi) is 8.82. The number of piperazine rings is 1. The monoisotopic (exact) mass is 430 g/mol. The Balaban J connectivity index is 1.34. The first-order chi connectivity index (χ1) is 15.1. The van der Waals surface area contributed by atoms with Crippen LogP contribution in [-0.4, -0.2) is 88.2 Å². The highest BCUT2D eigenvalue weighted by atomic mass is 16.5. The van der Waals surface area contributed by atoms with Gasteiger partial charge >= 0.3 is 0 Å². The van der Waals surface area contributed by atoms with Gasteiger partial charge in [0.2, 0.25) is 5.91 Å². The van der Waals surface area contributed by atoms with Crippen molar-refractivity contribution in [3.05, 3.63) is 24.3 Å². The van der Waals surface area contributed by atoms with Gasteiger partial charge in [0, 0.05) is 65.0 Å². The van der Waals surface area contributed by atoms with Crippen LogP contribution in [0.15, 0.2) is 29.3 Å². The first-order valence-corrected chi connectivity index (χ1v) is 11.4. The summed E-state index contributed by atoms with van der Waals surface area (Å²) in [5, 5.41) is 3.51.